The smallest absolute Gasteiger partial charge is 0.244 e. The molecule has 0 aliphatic heterocycles. The molecule has 0 aromatic carbocycles. The van der Waals surface area contributed by atoms with Gasteiger partial charge >= 0.3 is 0 Å². The molecule has 4 bridgehead atoms. The van der Waals surface area contributed by atoms with E-state index in [1.54, 1.807) is 19.3 Å². The summed E-state index contributed by atoms with van der Waals surface area (Å²) in [4.78, 5) is 0. The number of hydrogen-bond acceptors (Lipinski definition) is 0. The van der Waals surface area contributed by atoms with Crippen LogP contribution >= 0.6 is 0 Å². The summed E-state index contributed by atoms with van der Waals surface area (Å²) in [6.45, 7) is 0. The molecule has 5 aliphatic rings. The van der Waals surface area contributed by atoms with E-state index in [-0.39, 0.29) is 12.4 Å². The molecule has 24 heavy (non-hydrogen) atoms. The molecule has 0 N–H and O–H groups in total. The first kappa shape index (κ1) is 16.9. The molecule has 1 aromatic heterocycles. The van der Waals surface area contributed by atoms with Gasteiger partial charge in [-0.25, -0.2) is 9.13 Å². The number of aromatic nitrogens is 2. The van der Waals surface area contributed by atoms with Gasteiger partial charge in [-0.1, -0.05) is 19.3 Å². The first-order valence-corrected chi connectivity index (χ1v) is 10.4. The van der Waals surface area contributed by atoms with E-state index in [9.17, 15) is 0 Å². The van der Waals surface area contributed by atoms with E-state index in [1.165, 1.54) is 64.2 Å². The molecule has 0 saturated heterocycles. The molecule has 1 heterocycles. The fourth-order valence-electron chi connectivity index (χ4n) is 6.98. The predicted octanol–water partition coefficient (Wildman–Crippen LogP) is 1.99. The summed E-state index contributed by atoms with van der Waals surface area (Å²) in [6, 6.07) is 0.769. The number of rotatable bonds is 2. The van der Waals surface area contributed by atoms with Crippen molar-refractivity contribution in [3.05, 3.63) is 18.7 Å². The second-order valence-electron chi connectivity index (χ2n) is 9.41. The highest BCUT2D eigenvalue weighted by atomic mass is 35.5. The Morgan fingerprint density at radius 2 is 1.33 bits per heavy atom. The lowest BCUT2D eigenvalue weighted by molar-refractivity contribution is -0.724. The normalized spacial score (nSPS) is 39.2. The zero-order valence-corrected chi connectivity index (χ0v) is 15.8. The van der Waals surface area contributed by atoms with Crippen LogP contribution in [-0.4, -0.2) is 4.57 Å². The predicted molar refractivity (Wildman–Crippen MR) is 92.1 cm³/mol. The van der Waals surface area contributed by atoms with Crippen molar-refractivity contribution < 1.29 is 17.0 Å². The third kappa shape index (κ3) is 2.93. The van der Waals surface area contributed by atoms with Gasteiger partial charge in [-0.3, -0.25) is 0 Å². The van der Waals surface area contributed by atoms with Gasteiger partial charge in [-0.2, -0.15) is 0 Å². The van der Waals surface area contributed by atoms with Crippen molar-refractivity contribution in [1.29, 1.82) is 0 Å². The number of nitrogens with zero attached hydrogens (tertiary/aromatic N) is 2. The van der Waals surface area contributed by atoms with Crippen molar-refractivity contribution >= 4 is 0 Å². The van der Waals surface area contributed by atoms with E-state index in [0.717, 1.165) is 23.8 Å². The Kier molecular flexibility index (Phi) is 4.71. The highest BCUT2D eigenvalue weighted by Gasteiger charge is 2.54. The fraction of sp³-hybridized carbons (Fsp3) is 0.857. The van der Waals surface area contributed by atoms with Gasteiger partial charge in [0.25, 0.3) is 0 Å². The van der Waals surface area contributed by atoms with Gasteiger partial charge in [-0.15, -0.1) is 0 Å². The fourth-order valence-corrected chi connectivity index (χ4v) is 6.98. The summed E-state index contributed by atoms with van der Waals surface area (Å²) in [7, 11) is 0. The summed E-state index contributed by atoms with van der Waals surface area (Å²) in [5.74, 6) is 3.12. The summed E-state index contributed by atoms with van der Waals surface area (Å²) in [5.41, 5.74) is 0.502. The Balaban J connectivity index is 0.00000146. The van der Waals surface area contributed by atoms with Crippen LogP contribution in [0.4, 0.5) is 0 Å². The number of imidazole rings is 1. The standard InChI is InChI=1S/C21H33N2.ClH/c1-2-4-6-20(7-5-3-1)22-8-9-23(16-22)21-13-17-10-18(14-21)12-19(11-17)15-21;/h8-9,16-20H,1-7,10-15H2;1H/q+1;/p-1. The Hall–Kier alpha value is -0.500. The average Bonchev–Trinajstić information content (AvgIpc) is 2.96. The number of halogens is 1. The second kappa shape index (κ2) is 6.67. The van der Waals surface area contributed by atoms with Gasteiger partial charge in [0.2, 0.25) is 6.33 Å². The van der Waals surface area contributed by atoms with Crippen LogP contribution in [0.25, 0.3) is 0 Å². The lowest BCUT2D eigenvalue weighted by Gasteiger charge is -2.54. The molecule has 6 rings (SSSR count). The van der Waals surface area contributed by atoms with Crippen LogP contribution in [0, 0.1) is 17.8 Å². The average molecular weight is 349 g/mol. The SMILES string of the molecule is [Cl-].c1c[n+](C2CCCCCCC2)cn1C12CC3CC(CC(C3)C1)C2. The van der Waals surface area contributed by atoms with Crippen molar-refractivity contribution in [2.24, 2.45) is 17.8 Å². The summed E-state index contributed by atoms with van der Waals surface area (Å²) in [5, 5.41) is 0. The Morgan fingerprint density at radius 3 is 1.92 bits per heavy atom. The van der Waals surface area contributed by atoms with E-state index in [0.29, 0.717) is 5.54 Å². The zero-order valence-electron chi connectivity index (χ0n) is 15.0. The molecular weight excluding hydrogens is 316 g/mol. The first-order chi connectivity index (χ1) is 11.3. The van der Waals surface area contributed by atoms with Crippen LogP contribution in [0.3, 0.4) is 0 Å². The van der Waals surface area contributed by atoms with Gasteiger partial charge in [0.05, 0.1) is 0 Å². The topological polar surface area (TPSA) is 8.81 Å². The van der Waals surface area contributed by atoms with Crippen molar-refractivity contribution in [2.75, 3.05) is 0 Å². The molecule has 0 atom stereocenters. The Morgan fingerprint density at radius 1 is 0.792 bits per heavy atom. The van der Waals surface area contributed by atoms with Gasteiger partial charge < -0.3 is 12.4 Å². The molecular formula is C21H33ClN2. The maximum atomic E-state index is 2.68. The van der Waals surface area contributed by atoms with Crippen LogP contribution in [0.1, 0.15) is 89.5 Å². The summed E-state index contributed by atoms with van der Waals surface area (Å²) in [6.07, 6.45) is 26.4. The second-order valence-corrected chi connectivity index (χ2v) is 9.41. The van der Waals surface area contributed by atoms with Crippen LogP contribution in [-0.2, 0) is 5.54 Å². The van der Waals surface area contributed by atoms with Gasteiger partial charge in [0.15, 0.2) is 0 Å². The minimum Gasteiger partial charge on any atom is -1.00 e. The largest absolute Gasteiger partial charge is 1.00 e. The van der Waals surface area contributed by atoms with Gasteiger partial charge in [0.1, 0.15) is 24.0 Å². The Labute approximate surface area is 153 Å². The van der Waals surface area contributed by atoms with E-state index >= 15 is 0 Å². The summed E-state index contributed by atoms with van der Waals surface area (Å²) < 4.78 is 5.26. The molecule has 0 spiro atoms. The molecule has 3 heteroatoms. The molecule has 5 fully saturated rings. The minimum absolute atomic E-state index is 0. The molecule has 134 valence electrons. The maximum Gasteiger partial charge on any atom is 0.244 e. The zero-order chi connectivity index (χ0) is 15.3. The van der Waals surface area contributed by atoms with Crippen molar-refractivity contribution in [2.45, 2.75) is 95.1 Å². The van der Waals surface area contributed by atoms with E-state index < -0.39 is 0 Å². The first-order valence-electron chi connectivity index (χ1n) is 10.4. The lowest BCUT2D eigenvalue weighted by atomic mass is 9.53. The minimum atomic E-state index is 0. The molecule has 0 amide bonds. The summed E-state index contributed by atoms with van der Waals surface area (Å²) >= 11 is 0. The van der Waals surface area contributed by atoms with E-state index in [1.807, 2.05) is 0 Å². The molecule has 0 radical (unpaired) electrons. The highest BCUT2D eigenvalue weighted by Crippen LogP contribution is 2.58. The van der Waals surface area contributed by atoms with Crippen LogP contribution in [0.15, 0.2) is 18.7 Å². The third-order valence-electron chi connectivity index (χ3n) is 7.71. The molecule has 5 aliphatic carbocycles. The van der Waals surface area contributed by atoms with Crippen molar-refractivity contribution in [3.63, 3.8) is 0 Å². The van der Waals surface area contributed by atoms with Crippen LogP contribution < -0.4 is 17.0 Å². The maximum absolute atomic E-state index is 2.68. The van der Waals surface area contributed by atoms with Crippen LogP contribution in [0.5, 0.6) is 0 Å². The van der Waals surface area contributed by atoms with Crippen LogP contribution in [0.2, 0.25) is 0 Å². The third-order valence-corrected chi connectivity index (χ3v) is 7.71. The highest BCUT2D eigenvalue weighted by molar-refractivity contribution is 5.05. The van der Waals surface area contributed by atoms with Gasteiger partial charge in [0, 0.05) is 0 Å². The molecule has 2 nitrogen and oxygen atoms in total. The molecule has 0 unspecified atom stereocenters. The van der Waals surface area contributed by atoms with Crippen molar-refractivity contribution in [3.8, 4) is 0 Å². The quantitative estimate of drug-likeness (QED) is 0.723. The van der Waals surface area contributed by atoms with Gasteiger partial charge in [-0.05, 0) is 82.0 Å². The lowest BCUT2D eigenvalue weighted by Crippen LogP contribution is -3.00. The van der Waals surface area contributed by atoms with E-state index in [4.69, 9.17) is 0 Å². The molecule has 1 aromatic rings. The van der Waals surface area contributed by atoms with E-state index in [2.05, 4.69) is 27.9 Å². The monoisotopic (exact) mass is 348 g/mol. The number of hydrogen-bond donors (Lipinski definition) is 0. The molecule has 5 saturated carbocycles. The Bertz CT molecular complexity index is 521. The van der Waals surface area contributed by atoms with Crippen molar-refractivity contribution in [1.82, 2.24) is 4.57 Å².